The third kappa shape index (κ3) is 7.76. The monoisotopic (exact) mass is 656 g/mol. The maximum absolute atomic E-state index is 5.94. The Morgan fingerprint density at radius 1 is 0.900 bits per heavy atom. The first kappa shape index (κ1) is 36.0. The molecule has 0 bridgehead atoms. The number of hydrogen-bond donors (Lipinski definition) is 1. The van der Waals surface area contributed by atoms with Gasteiger partial charge < -0.3 is 10.3 Å². The van der Waals surface area contributed by atoms with E-state index in [4.69, 9.17) is 5.73 Å². The Bertz CT molecular complexity index is 2140. The van der Waals surface area contributed by atoms with Gasteiger partial charge >= 0.3 is 0 Å². The van der Waals surface area contributed by atoms with Crippen LogP contribution in [0.4, 0.5) is 0 Å². The van der Waals surface area contributed by atoms with Crippen molar-refractivity contribution in [2.24, 2.45) is 11.7 Å². The smallest absolute Gasteiger partial charge is 0.0616 e. The normalized spacial score (nSPS) is 14.9. The van der Waals surface area contributed by atoms with E-state index in [1.165, 1.54) is 66.5 Å². The lowest BCUT2D eigenvalue weighted by Crippen LogP contribution is -2.13. The Kier molecular flexibility index (Phi) is 12.1. The SMILES string of the molecule is C=CCC/C=C(\CC(=C)/C=C\C)C1C=Cc2c(n(-c3ccccc3)c3c2ccc2cc(-c4ccccc4/C(C)=C/C=C(/C)N)ccc23)C1.CC. The second kappa shape index (κ2) is 16.9. The van der Waals surface area contributed by atoms with Crippen molar-refractivity contribution in [3.05, 3.63) is 174 Å². The van der Waals surface area contributed by atoms with E-state index in [0.29, 0.717) is 5.92 Å². The molecule has 1 heterocycles. The van der Waals surface area contributed by atoms with Crippen molar-refractivity contribution in [2.75, 3.05) is 0 Å². The molecule has 0 radical (unpaired) electrons. The number of unbranched alkanes of at least 4 members (excludes halogenated alkanes) is 1. The fraction of sp³-hybridized carbons (Fsp3) is 0.208. The number of fused-ring (bicyclic) bond motifs is 5. The molecule has 0 saturated carbocycles. The van der Waals surface area contributed by atoms with Gasteiger partial charge in [0.2, 0.25) is 0 Å². The maximum Gasteiger partial charge on any atom is 0.0616 e. The van der Waals surface area contributed by atoms with Gasteiger partial charge in [-0.05, 0) is 98.4 Å². The van der Waals surface area contributed by atoms with Gasteiger partial charge in [-0.25, -0.2) is 0 Å². The van der Waals surface area contributed by atoms with Gasteiger partial charge in [0.05, 0.1) is 5.52 Å². The predicted octanol–water partition coefficient (Wildman–Crippen LogP) is 13.3. The first-order valence-corrected chi connectivity index (χ1v) is 18.0. The van der Waals surface area contributed by atoms with Gasteiger partial charge in [-0.15, -0.1) is 6.58 Å². The van der Waals surface area contributed by atoms with Crippen molar-refractivity contribution in [3.63, 3.8) is 0 Å². The van der Waals surface area contributed by atoms with Crippen LogP contribution in [0, 0.1) is 5.92 Å². The molecule has 0 aliphatic heterocycles. The first-order chi connectivity index (χ1) is 24.4. The zero-order valence-corrected chi connectivity index (χ0v) is 30.5. The number of para-hydroxylation sites is 1. The Labute approximate surface area is 300 Å². The van der Waals surface area contributed by atoms with Crippen LogP contribution in [-0.2, 0) is 6.42 Å². The molecule has 254 valence electrons. The second-order valence-electron chi connectivity index (χ2n) is 12.9. The summed E-state index contributed by atoms with van der Waals surface area (Å²) in [7, 11) is 0. The van der Waals surface area contributed by atoms with Crippen molar-refractivity contribution in [3.8, 4) is 16.8 Å². The standard InChI is InChI=1S/C46H46N2.C2H6/c1-6-8-10-16-35(29-32(3)15-7-2)36-23-27-43-44-28-25-38-30-37(41-20-14-13-19-40(41)33(4)21-22-34(5)47)24-26-42(38)46(44)48(45(43)31-36)39-17-11-9-12-18-39;1-2/h6-7,9,11-28,30,36H,1,3,8,10,29,31,47H2,2,4-5H3;1-2H3/b15-7-,33-21+,34-22-,35-16+;. The molecular weight excluding hydrogens is 605 g/mol. The molecular formula is C48H52N2. The summed E-state index contributed by atoms with van der Waals surface area (Å²) in [6.07, 6.45) is 21.3. The molecule has 1 aliphatic carbocycles. The minimum atomic E-state index is 0.305. The summed E-state index contributed by atoms with van der Waals surface area (Å²) < 4.78 is 2.52. The van der Waals surface area contributed by atoms with Crippen molar-refractivity contribution in [1.82, 2.24) is 4.57 Å². The van der Waals surface area contributed by atoms with Gasteiger partial charge in [0.1, 0.15) is 0 Å². The molecule has 4 aromatic carbocycles. The van der Waals surface area contributed by atoms with E-state index in [9.17, 15) is 0 Å². The van der Waals surface area contributed by atoms with E-state index in [1.54, 1.807) is 0 Å². The number of rotatable bonds is 11. The van der Waals surface area contributed by atoms with E-state index < -0.39 is 0 Å². The van der Waals surface area contributed by atoms with Gasteiger partial charge in [-0.2, -0.15) is 0 Å². The van der Waals surface area contributed by atoms with Crippen LogP contribution in [0.25, 0.3) is 50.1 Å². The number of allylic oxidation sites excluding steroid dienone is 11. The van der Waals surface area contributed by atoms with Crippen LogP contribution in [0.3, 0.4) is 0 Å². The molecule has 0 spiro atoms. The lowest BCUT2D eigenvalue weighted by molar-refractivity contribution is 0.693. The molecule has 5 aromatic rings. The second-order valence-corrected chi connectivity index (χ2v) is 12.9. The number of nitrogens with zero attached hydrogens (tertiary/aromatic N) is 1. The van der Waals surface area contributed by atoms with E-state index in [2.05, 4.69) is 153 Å². The van der Waals surface area contributed by atoms with Gasteiger partial charge in [0, 0.05) is 39.3 Å². The highest BCUT2D eigenvalue weighted by Gasteiger charge is 2.26. The quantitative estimate of drug-likeness (QED) is 0.0856. The number of aromatic nitrogens is 1. The molecule has 6 rings (SSSR count). The highest BCUT2D eigenvalue weighted by atomic mass is 15.0. The molecule has 0 amide bonds. The van der Waals surface area contributed by atoms with Gasteiger partial charge in [0.25, 0.3) is 0 Å². The lowest BCUT2D eigenvalue weighted by Gasteiger charge is -2.23. The van der Waals surface area contributed by atoms with Crippen LogP contribution in [0.15, 0.2) is 157 Å². The summed E-state index contributed by atoms with van der Waals surface area (Å²) in [6, 6.07) is 31.1. The van der Waals surface area contributed by atoms with E-state index in [0.717, 1.165) is 37.0 Å². The van der Waals surface area contributed by atoms with Crippen molar-refractivity contribution in [2.45, 2.75) is 60.3 Å². The Morgan fingerprint density at radius 3 is 2.38 bits per heavy atom. The average molecular weight is 657 g/mol. The molecule has 1 aliphatic rings. The van der Waals surface area contributed by atoms with Crippen LogP contribution in [0.1, 0.15) is 70.7 Å². The van der Waals surface area contributed by atoms with E-state index >= 15 is 0 Å². The summed E-state index contributed by atoms with van der Waals surface area (Å²) in [5.41, 5.74) is 19.3. The van der Waals surface area contributed by atoms with Crippen molar-refractivity contribution in [1.29, 1.82) is 0 Å². The van der Waals surface area contributed by atoms with Crippen LogP contribution < -0.4 is 5.73 Å². The topological polar surface area (TPSA) is 30.9 Å². The minimum Gasteiger partial charge on any atom is -0.402 e. The molecule has 0 saturated heterocycles. The number of benzene rings is 4. The van der Waals surface area contributed by atoms with E-state index in [-0.39, 0.29) is 0 Å². The fourth-order valence-electron chi connectivity index (χ4n) is 7.07. The third-order valence-corrected chi connectivity index (χ3v) is 9.36. The summed E-state index contributed by atoms with van der Waals surface area (Å²) in [4.78, 5) is 0. The summed E-state index contributed by atoms with van der Waals surface area (Å²) in [6.45, 7) is 18.4. The Morgan fingerprint density at radius 2 is 1.64 bits per heavy atom. The highest BCUT2D eigenvalue weighted by molar-refractivity contribution is 6.11. The van der Waals surface area contributed by atoms with Crippen LogP contribution >= 0.6 is 0 Å². The van der Waals surface area contributed by atoms with Crippen molar-refractivity contribution < 1.29 is 0 Å². The predicted molar refractivity (Wildman–Crippen MR) is 221 cm³/mol. The molecule has 1 aromatic heterocycles. The molecule has 1 atom stereocenters. The molecule has 1 unspecified atom stereocenters. The summed E-state index contributed by atoms with van der Waals surface area (Å²) >= 11 is 0. The van der Waals surface area contributed by atoms with Gasteiger partial charge in [-0.3, -0.25) is 0 Å². The molecule has 0 fully saturated rings. The zero-order valence-electron chi connectivity index (χ0n) is 30.5. The minimum absolute atomic E-state index is 0.305. The molecule has 2 N–H and O–H groups in total. The Hall–Kier alpha value is -5.34. The van der Waals surface area contributed by atoms with Crippen LogP contribution in [0.5, 0.6) is 0 Å². The van der Waals surface area contributed by atoms with E-state index in [1.807, 2.05) is 32.9 Å². The largest absolute Gasteiger partial charge is 0.402 e. The van der Waals surface area contributed by atoms with Gasteiger partial charge in [-0.1, -0.05) is 141 Å². The van der Waals surface area contributed by atoms with Crippen LogP contribution in [-0.4, -0.2) is 4.57 Å². The number of nitrogens with two attached hydrogens (primary N) is 1. The third-order valence-electron chi connectivity index (χ3n) is 9.36. The summed E-state index contributed by atoms with van der Waals surface area (Å²) in [5, 5.41) is 3.78. The van der Waals surface area contributed by atoms with Gasteiger partial charge in [0.15, 0.2) is 0 Å². The van der Waals surface area contributed by atoms with Crippen molar-refractivity contribution >= 4 is 33.3 Å². The highest BCUT2D eigenvalue weighted by Crippen LogP contribution is 2.42. The molecule has 2 nitrogen and oxygen atoms in total. The average Bonchev–Trinajstić information content (AvgIpc) is 3.48. The molecule has 50 heavy (non-hydrogen) atoms. The summed E-state index contributed by atoms with van der Waals surface area (Å²) in [5.74, 6) is 0.305. The number of hydrogen-bond acceptors (Lipinski definition) is 1. The lowest BCUT2D eigenvalue weighted by atomic mass is 9.84. The Balaban J connectivity index is 0.00000239. The molecule has 2 heteroatoms. The van der Waals surface area contributed by atoms with Crippen LogP contribution in [0.2, 0.25) is 0 Å². The fourth-order valence-corrected chi connectivity index (χ4v) is 7.07. The maximum atomic E-state index is 5.94. The zero-order chi connectivity index (χ0) is 35.6. The first-order valence-electron chi connectivity index (χ1n) is 18.0.